The van der Waals surface area contributed by atoms with E-state index in [1.165, 1.54) is 34.1 Å². The van der Waals surface area contributed by atoms with E-state index in [4.69, 9.17) is 14.2 Å². The van der Waals surface area contributed by atoms with Crippen LogP contribution in [0.5, 0.6) is 11.5 Å². The summed E-state index contributed by atoms with van der Waals surface area (Å²) >= 11 is 0. The predicted octanol–water partition coefficient (Wildman–Crippen LogP) is 3.68. The van der Waals surface area contributed by atoms with Gasteiger partial charge in [0.2, 0.25) is 5.78 Å². The number of benzene rings is 1. The topological polar surface area (TPSA) is 94.7 Å². The number of H-pyrrole nitrogens is 1. The van der Waals surface area contributed by atoms with E-state index in [2.05, 4.69) is 4.98 Å². The molecule has 0 saturated carbocycles. The van der Waals surface area contributed by atoms with E-state index in [-0.39, 0.29) is 11.5 Å². The van der Waals surface area contributed by atoms with Crippen LogP contribution in [0.4, 0.5) is 0 Å². The van der Waals surface area contributed by atoms with E-state index in [0.717, 1.165) is 0 Å². The van der Waals surface area contributed by atoms with Crippen LogP contribution in [0.3, 0.4) is 0 Å². The Labute approximate surface area is 169 Å². The lowest BCUT2D eigenvalue weighted by molar-refractivity contribution is -0.140. The molecule has 0 aliphatic rings. The molecule has 0 spiro atoms. The van der Waals surface area contributed by atoms with Gasteiger partial charge in [-0.2, -0.15) is 0 Å². The zero-order valence-electron chi connectivity index (χ0n) is 17.4. The summed E-state index contributed by atoms with van der Waals surface area (Å²) in [7, 11) is 3.07. The zero-order valence-corrected chi connectivity index (χ0v) is 17.4. The maximum atomic E-state index is 12.7. The van der Waals surface area contributed by atoms with Crippen molar-refractivity contribution in [3.63, 3.8) is 0 Å². The van der Waals surface area contributed by atoms with Crippen molar-refractivity contribution in [2.45, 2.75) is 33.8 Å². The van der Waals surface area contributed by atoms with Crippen molar-refractivity contribution < 1.29 is 28.6 Å². The third-order valence-corrected chi connectivity index (χ3v) is 4.48. The van der Waals surface area contributed by atoms with Gasteiger partial charge in [-0.3, -0.25) is 9.59 Å². The third-order valence-electron chi connectivity index (χ3n) is 4.48. The van der Waals surface area contributed by atoms with Gasteiger partial charge in [0.15, 0.2) is 11.9 Å². The van der Waals surface area contributed by atoms with Crippen LogP contribution in [0.1, 0.15) is 51.5 Å². The normalized spacial score (nSPS) is 11.9. The molecule has 0 amide bonds. The Hall–Kier alpha value is -3.35. The Morgan fingerprint density at radius 2 is 1.62 bits per heavy atom. The first-order chi connectivity index (χ1) is 13.7. The molecule has 0 radical (unpaired) electrons. The number of rotatable bonds is 8. The van der Waals surface area contributed by atoms with Crippen LogP contribution < -0.4 is 9.47 Å². The molecule has 7 nitrogen and oxygen atoms in total. The number of hydrogen-bond donors (Lipinski definition) is 1. The number of methoxy groups -OCH3 is 2. The van der Waals surface area contributed by atoms with E-state index >= 15 is 0 Å². The maximum absolute atomic E-state index is 12.7. The number of ketones is 2. The number of carbonyl (C=O) groups is 3. The number of carbonyl (C=O) groups excluding carboxylic acids is 3. The van der Waals surface area contributed by atoms with E-state index in [9.17, 15) is 14.4 Å². The largest absolute Gasteiger partial charge is 0.497 e. The van der Waals surface area contributed by atoms with Crippen molar-refractivity contribution in [1.29, 1.82) is 0 Å². The predicted molar refractivity (Wildman–Crippen MR) is 109 cm³/mol. The average Bonchev–Trinajstić information content (AvgIpc) is 2.99. The first-order valence-electron chi connectivity index (χ1n) is 9.04. The van der Waals surface area contributed by atoms with E-state index in [0.29, 0.717) is 33.9 Å². The number of aromatic amines is 1. The minimum Gasteiger partial charge on any atom is -0.497 e. The molecule has 0 unspecified atom stereocenters. The second kappa shape index (κ2) is 9.23. The lowest BCUT2D eigenvalue weighted by Crippen LogP contribution is -2.24. The van der Waals surface area contributed by atoms with Gasteiger partial charge in [-0.05, 0) is 57.0 Å². The van der Waals surface area contributed by atoms with Crippen LogP contribution in [0.25, 0.3) is 6.08 Å². The van der Waals surface area contributed by atoms with E-state index < -0.39 is 17.9 Å². The van der Waals surface area contributed by atoms with Crippen molar-refractivity contribution in [1.82, 2.24) is 4.98 Å². The van der Waals surface area contributed by atoms with Crippen LogP contribution in [-0.4, -0.2) is 42.8 Å². The molecule has 0 aliphatic carbocycles. The summed E-state index contributed by atoms with van der Waals surface area (Å²) in [5, 5.41) is 0. The monoisotopic (exact) mass is 399 g/mol. The molecule has 29 heavy (non-hydrogen) atoms. The maximum Gasteiger partial charge on any atom is 0.331 e. The number of esters is 1. The number of aryl methyl sites for hydroxylation is 1. The van der Waals surface area contributed by atoms with Crippen molar-refractivity contribution in [3.8, 4) is 11.5 Å². The van der Waals surface area contributed by atoms with Crippen molar-refractivity contribution in [2.24, 2.45) is 0 Å². The second-order valence-electron chi connectivity index (χ2n) is 6.60. The van der Waals surface area contributed by atoms with Crippen LogP contribution in [0.15, 0.2) is 24.3 Å². The third kappa shape index (κ3) is 5.13. The van der Waals surface area contributed by atoms with Crippen LogP contribution >= 0.6 is 0 Å². The molecule has 1 atom stereocenters. The lowest BCUT2D eigenvalue weighted by Gasteiger charge is -2.11. The minimum atomic E-state index is -1.01. The van der Waals surface area contributed by atoms with Crippen LogP contribution in [0, 0.1) is 13.8 Å². The molecule has 0 bridgehead atoms. The highest BCUT2D eigenvalue weighted by atomic mass is 16.5. The summed E-state index contributed by atoms with van der Waals surface area (Å²) in [5.74, 6) is -0.0283. The van der Waals surface area contributed by atoms with Crippen LogP contribution in [-0.2, 0) is 9.53 Å². The molecule has 7 heteroatoms. The van der Waals surface area contributed by atoms with E-state index in [1.807, 2.05) is 0 Å². The van der Waals surface area contributed by atoms with Gasteiger partial charge < -0.3 is 19.2 Å². The number of hydrogen-bond acceptors (Lipinski definition) is 6. The highest BCUT2D eigenvalue weighted by Crippen LogP contribution is 2.23. The Bertz CT molecular complexity index is 948. The SMILES string of the molecule is COc1cc(/C=C/C(=O)O[C@H](C)C(=O)c2[nH]c(C)c(C(C)=O)c2C)cc(OC)c1. The van der Waals surface area contributed by atoms with Crippen molar-refractivity contribution in [2.75, 3.05) is 14.2 Å². The number of ether oxygens (including phenoxy) is 3. The fourth-order valence-electron chi connectivity index (χ4n) is 3.08. The number of nitrogens with one attached hydrogen (secondary N) is 1. The quantitative estimate of drug-likeness (QED) is 0.413. The summed E-state index contributed by atoms with van der Waals surface area (Å²) in [6, 6.07) is 5.18. The van der Waals surface area contributed by atoms with Gasteiger partial charge in [0, 0.05) is 23.4 Å². The molecule has 2 rings (SSSR count). The molecule has 0 fully saturated rings. The standard InChI is InChI=1S/C22H25NO6/c1-12-20(14(3)24)13(2)23-21(12)22(26)15(4)29-19(25)8-7-16-9-17(27-5)11-18(10-16)28-6/h7-11,15,23H,1-6H3/b8-7+/t15-/m1/s1. The van der Waals surface area contributed by atoms with Gasteiger partial charge in [-0.15, -0.1) is 0 Å². The molecule has 1 heterocycles. The summed E-state index contributed by atoms with van der Waals surface area (Å²) in [5.41, 5.74) is 2.61. The second-order valence-corrected chi connectivity index (χ2v) is 6.60. The number of Topliss-reactive ketones (excluding diaryl/α,β-unsaturated/α-hetero) is 2. The smallest absolute Gasteiger partial charge is 0.331 e. The number of aromatic nitrogens is 1. The first kappa shape index (κ1) is 21.9. The van der Waals surface area contributed by atoms with Gasteiger partial charge in [0.05, 0.1) is 19.9 Å². The molecule has 1 aromatic carbocycles. The summed E-state index contributed by atoms with van der Waals surface area (Å²) < 4.78 is 15.6. The van der Waals surface area contributed by atoms with Gasteiger partial charge >= 0.3 is 5.97 Å². The first-order valence-corrected chi connectivity index (χ1v) is 9.04. The highest BCUT2D eigenvalue weighted by molar-refractivity contribution is 6.05. The van der Waals surface area contributed by atoms with Gasteiger partial charge in [-0.1, -0.05) is 0 Å². The molecular formula is C22H25NO6. The van der Waals surface area contributed by atoms with Gasteiger partial charge in [-0.25, -0.2) is 4.79 Å². The minimum absolute atomic E-state index is 0.128. The Balaban J connectivity index is 2.11. The molecule has 1 aromatic heterocycles. The Kier molecular flexibility index (Phi) is 6.98. The van der Waals surface area contributed by atoms with Gasteiger partial charge in [0.25, 0.3) is 0 Å². The molecule has 2 aromatic rings. The molecule has 0 aliphatic heterocycles. The Morgan fingerprint density at radius 3 is 2.10 bits per heavy atom. The summed E-state index contributed by atoms with van der Waals surface area (Å²) in [4.78, 5) is 39.5. The molecule has 0 saturated heterocycles. The van der Waals surface area contributed by atoms with Crippen LogP contribution in [0.2, 0.25) is 0 Å². The summed E-state index contributed by atoms with van der Waals surface area (Å²) in [6.45, 7) is 6.35. The van der Waals surface area contributed by atoms with Crippen molar-refractivity contribution >= 4 is 23.6 Å². The fourth-order valence-corrected chi connectivity index (χ4v) is 3.08. The molecule has 1 N–H and O–H groups in total. The zero-order chi connectivity index (χ0) is 21.7. The molecular weight excluding hydrogens is 374 g/mol. The van der Waals surface area contributed by atoms with Gasteiger partial charge in [0.1, 0.15) is 11.5 Å². The summed E-state index contributed by atoms with van der Waals surface area (Å²) in [6.07, 6.45) is 1.76. The van der Waals surface area contributed by atoms with Crippen molar-refractivity contribution in [3.05, 3.63) is 52.4 Å². The van der Waals surface area contributed by atoms with E-state index in [1.54, 1.807) is 38.1 Å². The average molecular weight is 399 g/mol. The Morgan fingerprint density at radius 1 is 1.03 bits per heavy atom. The lowest BCUT2D eigenvalue weighted by atomic mass is 10.0. The molecule has 154 valence electrons. The fraction of sp³-hybridized carbons (Fsp3) is 0.318. The highest BCUT2D eigenvalue weighted by Gasteiger charge is 2.25.